The van der Waals surface area contributed by atoms with Gasteiger partial charge >= 0.3 is 5.97 Å². The maximum atomic E-state index is 12.9. The first-order chi connectivity index (χ1) is 16.2. The predicted octanol–water partition coefficient (Wildman–Crippen LogP) is 2.45. The molecule has 0 radical (unpaired) electrons. The zero-order valence-corrected chi connectivity index (χ0v) is 19.4. The van der Waals surface area contributed by atoms with Crippen LogP contribution >= 0.6 is 0 Å². The summed E-state index contributed by atoms with van der Waals surface area (Å²) in [6.07, 6.45) is 8.79. The number of hydrogen-bond acceptors (Lipinski definition) is 7. The smallest absolute Gasteiger partial charge is 0.333 e. The lowest BCUT2D eigenvalue weighted by atomic mass is 9.63. The highest BCUT2D eigenvalue weighted by atomic mass is 16.5. The van der Waals surface area contributed by atoms with Crippen molar-refractivity contribution < 1.29 is 14.3 Å². The van der Waals surface area contributed by atoms with Crippen molar-refractivity contribution in [3.05, 3.63) is 60.2 Å². The van der Waals surface area contributed by atoms with Crippen LogP contribution in [0.25, 0.3) is 11.1 Å². The Morgan fingerprint density at radius 1 is 1.09 bits per heavy atom. The summed E-state index contributed by atoms with van der Waals surface area (Å²) >= 11 is 0. The topological polar surface area (TPSA) is 151 Å². The van der Waals surface area contributed by atoms with Crippen molar-refractivity contribution in [1.82, 2.24) is 19.7 Å². The average Bonchev–Trinajstić information content (AvgIpc) is 3.30. The SMILES string of the molecule is COC(=O)C(C)(C)n1cc(C(=O)N=C(N)C2(c3ccc(-c4cnc(N)nc4)cc3)CCC2)cn1. The Labute approximate surface area is 197 Å². The Morgan fingerprint density at radius 2 is 1.74 bits per heavy atom. The third-order valence-corrected chi connectivity index (χ3v) is 6.45. The zero-order valence-electron chi connectivity index (χ0n) is 19.4. The molecule has 1 aliphatic carbocycles. The van der Waals surface area contributed by atoms with Crippen molar-refractivity contribution in [2.24, 2.45) is 10.7 Å². The summed E-state index contributed by atoms with van der Waals surface area (Å²) in [5, 5.41) is 4.15. The highest BCUT2D eigenvalue weighted by Gasteiger charge is 2.43. The maximum absolute atomic E-state index is 12.9. The molecule has 0 spiro atoms. The standard InChI is InChI=1S/C24H27N7O3/c1-23(2,21(33)34-3)31-14-17(13-29-31)19(32)30-20(25)24(9-4-10-24)18-7-5-15(6-8-18)16-11-27-22(26)28-12-16/h5-8,11-14H,4,9-10H2,1-3H3,(H2,25,30,32)(H2,26,27,28). The Kier molecular flexibility index (Phi) is 5.90. The van der Waals surface area contributed by atoms with Gasteiger partial charge in [-0.2, -0.15) is 10.1 Å². The van der Waals surface area contributed by atoms with E-state index in [0.29, 0.717) is 0 Å². The molecule has 176 valence electrons. The van der Waals surface area contributed by atoms with Crippen LogP contribution < -0.4 is 11.5 Å². The monoisotopic (exact) mass is 461 g/mol. The van der Waals surface area contributed by atoms with Crippen LogP contribution in [0.15, 0.2) is 54.0 Å². The van der Waals surface area contributed by atoms with Crippen molar-refractivity contribution in [1.29, 1.82) is 0 Å². The number of methoxy groups -OCH3 is 1. The fourth-order valence-electron chi connectivity index (χ4n) is 4.06. The molecule has 4 rings (SSSR count). The summed E-state index contributed by atoms with van der Waals surface area (Å²) in [6.45, 7) is 3.31. The number of nitrogen functional groups attached to an aromatic ring is 1. The second-order valence-corrected chi connectivity index (χ2v) is 8.87. The molecule has 0 saturated heterocycles. The van der Waals surface area contributed by atoms with Crippen LogP contribution in [0.3, 0.4) is 0 Å². The van der Waals surface area contributed by atoms with Crippen LogP contribution in [0.4, 0.5) is 5.95 Å². The quantitative estimate of drug-likeness (QED) is 0.323. The van der Waals surface area contributed by atoms with E-state index in [1.165, 1.54) is 24.2 Å². The number of esters is 1. The Hall–Kier alpha value is -4.08. The van der Waals surface area contributed by atoms with E-state index >= 15 is 0 Å². The number of hydrogen-bond donors (Lipinski definition) is 2. The first-order valence-corrected chi connectivity index (χ1v) is 10.9. The third kappa shape index (κ3) is 4.02. The Balaban J connectivity index is 1.57. The van der Waals surface area contributed by atoms with Gasteiger partial charge in [0.25, 0.3) is 5.91 Å². The summed E-state index contributed by atoms with van der Waals surface area (Å²) in [4.78, 5) is 37.2. The molecule has 1 amide bonds. The summed E-state index contributed by atoms with van der Waals surface area (Å²) < 4.78 is 6.20. The van der Waals surface area contributed by atoms with Gasteiger partial charge in [0.15, 0.2) is 5.54 Å². The van der Waals surface area contributed by atoms with E-state index in [1.54, 1.807) is 26.2 Å². The molecule has 0 aliphatic heterocycles. The molecule has 10 heteroatoms. The van der Waals surface area contributed by atoms with Gasteiger partial charge in [-0.15, -0.1) is 0 Å². The minimum atomic E-state index is -1.06. The number of benzene rings is 1. The van der Waals surface area contributed by atoms with Gasteiger partial charge in [0.05, 0.1) is 24.3 Å². The number of amidine groups is 1. The maximum Gasteiger partial charge on any atom is 0.333 e. The van der Waals surface area contributed by atoms with Crippen molar-refractivity contribution in [2.75, 3.05) is 12.8 Å². The molecule has 3 aromatic rings. The van der Waals surface area contributed by atoms with Crippen LogP contribution in [-0.4, -0.2) is 44.6 Å². The fraction of sp³-hybridized carbons (Fsp3) is 0.333. The molecular weight excluding hydrogens is 434 g/mol. The van der Waals surface area contributed by atoms with Gasteiger partial charge < -0.3 is 16.2 Å². The Bertz CT molecular complexity index is 1240. The molecule has 1 saturated carbocycles. The lowest BCUT2D eigenvalue weighted by Crippen LogP contribution is -2.47. The van der Waals surface area contributed by atoms with Crippen LogP contribution in [0.1, 0.15) is 49.0 Å². The van der Waals surface area contributed by atoms with Crippen molar-refractivity contribution in [3.8, 4) is 11.1 Å². The number of nitrogens with zero attached hydrogens (tertiary/aromatic N) is 5. The van der Waals surface area contributed by atoms with Gasteiger partial charge in [-0.25, -0.2) is 14.8 Å². The number of ether oxygens (including phenoxy) is 1. The fourth-order valence-corrected chi connectivity index (χ4v) is 4.06. The number of anilines is 1. The lowest BCUT2D eigenvalue weighted by Gasteiger charge is -2.41. The number of rotatable bonds is 6. The van der Waals surface area contributed by atoms with E-state index < -0.39 is 22.8 Å². The summed E-state index contributed by atoms with van der Waals surface area (Å²) in [5.41, 5.74) is 13.5. The number of nitrogens with two attached hydrogens (primary N) is 2. The van der Waals surface area contributed by atoms with Crippen LogP contribution in [-0.2, 0) is 20.5 Å². The average molecular weight is 462 g/mol. The van der Waals surface area contributed by atoms with Gasteiger partial charge in [-0.1, -0.05) is 30.7 Å². The van der Waals surface area contributed by atoms with Gasteiger partial charge in [0, 0.05) is 24.2 Å². The Morgan fingerprint density at radius 3 is 2.29 bits per heavy atom. The zero-order chi connectivity index (χ0) is 24.5. The summed E-state index contributed by atoms with van der Waals surface area (Å²) in [7, 11) is 1.30. The first-order valence-electron chi connectivity index (χ1n) is 10.9. The van der Waals surface area contributed by atoms with Crippen molar-refractivity contribution >= 4 is 23.7 Å². The molecule has 0 unspecified atom stereocenters. The highest BCUT2D eigenvalue weighted by Crippen LogP contribution is 2.44. The van der Waals surface area contributed by atoms with Gasteiger partial charge in [0.2, 0.25) is 5.95 Å². The van der Waals surface area contributed by atoms with E-state index in [0.717, 1.165) is 36.0 Å². The summed E-state index contributed by atoms with van der Waals surface area (Å²) in [6, 6.07) is 7.93. The molecule has 2 heterocycles. The normalized spacial score (nSPS) is 15.4. The molecule has 2 aromatic heterocycles. The summed E-state index contributed by atoms with van der Waals surface area (Å²) in [5.74, 6) is -0.486. The number of aromatic nitrogens is 4. The molecule has 10 nitrogen and oxygen atoms in total. The van der Waals surface area contributed by atoms with E-state index in [9.17, 15) is 9.59 Å². The number of amides is 1. The van der Waals surface area contributed by atoms with Gasteiger partial charge in [0.1, 0.15) is 5.84 Å². The molecule has 1 fully saturated rings. The lowest BCUT2D eigenvalue weighted by molar-refractivity contribution is -0.150. The van der Waals surface area contributed by atoms with Gasteiger partial charge in [-0.3, -0.25) is 9.48 Å². The minimum absolute atomic E-state index is 0.224. The molecule has 34 heavy (non-hydrogen) atoms. The van der Waals surface area contributed by atoms with Crippen molar-refractivity contribution in [2.45, 2.75) is 44.1 Å². The third-order valence-electron chi connectivity index (χ3n) is 6.45. The van der Waals surface area contributed by atoms with Crippen LogP contribution in [0.5, 0.6) is 0 Å². The largest absolute Gasteiger partial charge is 0.467 e. The van der Waals surface area contributed by atoms with E-state index in [-0.39, 0.29) is 17.3 Å². The predicted molar refractivity (Wildman–Crippen MR) is 127 cm³/mol. The number of aliphatic imine (C=N–C) groups is 1. The van der Waals surface area contributed by atoms with E-state index in [2.05, 4.69) is 20.1 Å². The molecule has 0 atom stereocenters. The first kappa shape index (κ1) is 23.1. The molecule has 4 N–H and O–H groups in total. The number of carbonyl (C=O) groups is 2. The van der Waals surface area contributed by atoms with Crippen LogP contribution in [0.2, 0.25) is 0 Å². The molecule has 0 bridgehead atoms. The van der Waals surface area contributed by atoms with Crippen molar-refractivity contribution in [3.63, 3.8) is 0 Å². The molecule has 1 aliphatic rings. The highest BCUT2D eigenvalue weighted by molar-refractivity contribution is 6.06. The minimum Gasteiger partial charge on any atom is -0.467 e. The molecular formula is C24H27N7O3. The number of carbonyl (C=O) groups excluding carboxylic acids is 2. The van der Waals surface area contributed by atoms with Crippen LogP contribution in [0, 0.1) is 0 Å². The van der Waals surface area contributed by atoms with Gasteiger partial charge in [-0.05, 0) is 37.8 Å². The second-order valence-electron chi connectivity index (χ2n) is 8.87. The van der Waals surface area contributed by atoms with E-state index in [4.69, 9.17) is 16.2 Å². The molecule has 1 aromatic carbocycles. The second kappa shape index (κ2) is 8.69. The van der Waals surface area contributed by atoms with E-state index in [1.807, 2.05) is 24.3 Å².